The summed E-state index contributed by atoms with van der Waals surface area (Å²) < 4.78 is 24.2. The first kappa shape index (κ1) is 40.7. The fourth-order valence-electron chi connectivity index (χ4n) is 6.18. The van der Waals surface area contributed by atoms with Gasteiger partial charge in [-0.25, -0.2) is 4.79 Å². The van der Waals surface area contributed by atoms with Crippen LogP contribution >= 0.6 is 0 Å². The Hall–Kier alpha value is -2.51. The van der Waals surface area contributed by atoms with Gasteiger partial charge in [0, 0.05) is 30.4 Å². The molecule has 0 spiro atoms. The molecule has 1 aromatic heterocycles. The number of ether oxygens (including phenoxy) is 2. The van der Waals surface area contributed by atoms with Crippen molar-refractivity contribution in [1.82, 2.24) is 0 Å². The van der Waals surface area contributed by atoms with Crippen molar-refractivity contribution in [2.45, 2.75) is 106 Å². The highest BCUT2D eigenvalue weighted by atomic mass is 28.4. The molecular weight excluding hydrogens is 601 g/mol. The molecule has 0 saturated carbocycles. The van der Waals surface area contributed by atoms with E-state index in [1.807, 2.05) is 24.3 Å². The Bertz CT molecular complexity index is 1410. The van der Waals surface area contributed by atoms with E-state index in [0.29, 0.717) is 29.3 Å². The number of rotatable bonds is 18. The minimum Gasteiger partial charge on any atom is -0.423 e. The van der Waals surface area contributed by atoms with E-state index in [0.717, 1.165) is 17.4 Å². The Kier molecular flexibility index (Phi) is 15.8. The summed E-state index contributed by atoms with van der Waals surface area (Å²) in [6, 6.07) is 9.14. The van der Waals surface area contributed by atoms with Gasteiger partial charge in [0.15, 0.2) is 8.32 Å². The van der Waals surface area contributed by atoms with E-state index in [4.69, 9.17) is 18.3 Å². The predicted octanol–water partition coefficient (Wildman–Crippen LogP) is 11.1. The standard InChI is InChI=1S/C41H64O5Si/c1-15-16-17-29(3)33(7)34(8)40(46-47(13,14)41(9,10)11)32(6)25-28(2)24-31(5)39(44-27-43-12)30(4)18-19-35-20-21-36-22-23-38(42)45-37(36)26-35/h15-24,26,29-34,39-40H,1,25,27H2,2-14H3/b17-16-,19-18-,28-24-/t29?,30?,31-,32-,33-,34+,39-,40+/m0/s1. The summed E-state index contributed by atoms with van der Waals surface area (Å²) in [4.78, 5) is 11.7. The van der Waals surface area contributed by atoms with Crippen LogP contribution in [0.1, 0.15) is 81.2 Å². The number of hydrogen-bond acceptors (Lipinski definition) is 5. The van der Waals surface area contributed by atoms with Crippen LogP contribution in [0.4, 0.5) is 0 Å². The molecule has 47 heavy (non-hydrogen) atoms. The van der Waals surface area contributed by atoms with E-state index in [9.17, 15) is 4.79 Å². The van der Waals surface area contributed by atoms with E-state index in [1.165, 1.54) is 11.6 Å². The highest BCUT2D eigenvalue weighted by Gasteiger charge is 2.42. The maximum Gasteiger partial charge on any atom is 0.336 e. The molecule has 2 aromatic rings. The third-order valence-electron chi connectivity index (χ3n) is 10.4. The molecule has 8 atom stereocenters. The molecule has 6 heteroatoms. The molecule has 262 valence electrons. The molecule has 1 heterocycles. The monoisotopic (exact) mass is 664 g/mol. The number of fused-ring (bicyclic) bond motifs is 1. The van der Waals surface area contributed by atoms with Crippen molar-refractivity contribution in [3.05, 3.63) is 88.8 Å². The lowest BCUT2D eigenvalue weighted by molar-refractivity contribution is -0.0947. The Morgan fingerprint density at radius 2 is 1.60 bits per heavy atom. The molecule has 0 aliphatic carbocycles. The van der Waals surface area contributed by atoms with Crippen molar-refractivity contribution in [1.29, 1.82) is 0 Å². The minimum atomic E-state index is -2.00. The predicted molar refractivity (Wildman–Crippen MR) is 203 cm³/mol. The molecule has 0 bridgehead atoms. The lowest BCUT2D eigenvalue weighted by Crippen LogP contribution is -2.48. The summed E-state index contributed by atoms with van der Waals surface area (Å²) in [5.74, 6) is 1.90. The maximum atomic E-state index is 11.7. The second-order valence-corrected chi connectivity index (χ2v) is 20.2. The van der Waals surface area contributed by atoms with E-state index in [2.05, 4.69) is 119 Å². The molecule has 2 unspecified atom stereocenters. The van der Waals surface area contributed by atoms with Gasteiger partial charge in [-0.2, -0.15) is 0 Å². The molecule has 0 aliphatic heterocycles. The maximum absolute atomic E-state index is 11.7. The third-order valence-corrected chi connectivity index (χ3v) is 14.8. The number of methoxy groups -OCH3 is 1. The van der Waals surface area contributed by atoms with Crippen molar-refractivity contribution >= 4 is 25.4 Å². The summed E-state index contributed by atoms with van der Waals surface area (Å²) in [6.45, 7) is 31.9. The zero-order valence-electron chi connectivity index (χ0n) is 31.6. The molecule has 0 radical (unpaired) electrons. The van der Waals surface area contributed by atoms with Crippen molar-refractivity contribution < 1.29 is 18.3 Å². The van der Waals surface area contributed by atoms with Gasteiger partial charge in [-0.15, -0.1) is 0 Å². The molecule has 1 aromatic carbocycles. The molecule has 0 N–H and O–H groups in total. The van der Waals surface area contributed by atoms with Crippen LogP contribution in [0.2, 0.25) is 18.1 Å². The van der Waals surface area contributed by atoms with Crippen molar-refractivity contribution in [2.75, 3.05) is 13.9 Å². The number of benzene rings is 1. The van der Waals surface area contributed by atoms with Gasteiger partial charge in [-0.05, 0) is 72.8 Å². The van der Waals surface area contributed by atoms with Crippen LogP contribution < -0.4 is 5.63 Å². The molecule has 5 nitrogen and oxygen atoms in total. The smallest absolute Gasteiger partial charge is 0.336 e. The van der Waals surface area contributed by atoms with Crippen LogP contribution in [0.3, 0.4) is 0 Å². The SMILES string of the molecule is C=C/C=C\C(C)[C@H](C)[C@@H](C)[C@H](O[Si](C)(C)C(C)(C)C)[C@@H](C)C/C(C)=C\[C@H](C)[C@@H](OCOC)C(C)/C=C\c1ccc2ccc(=O)oc2c1. The van der Waals surface area contributed by atoms with Crippen LogP contribution in [0, 0.1) is 35.5 Å². The zero-order chi connectivity index (χ0) is 35.5. The molecule has 2 rings (SSSR count). The van der Waals surface area contributed by atoms with Crippen LogP contribution in [-0.4, -0.2) is 34.4 Å². The Morgan fingerprint density at radius 1 is 0.936 bits per heavy atom. The van der Waals surface area contributed by atoms with Gasteiger partial charge in [0.2, 0.25) is 0 Å². The third kappa shape index (κ3) is 12.2. The largest absolute Gasteiger partial charge is 0.423 e. The molecule has 0 amide bonds. The van der Waals surface area contributed by atoms with Gasteiger partial charge in [0.25, 0.3) is 0 Å². The fraction of sp³-hybridized carbons (Fsp3) is 0.585. The van der Waals surface area contributed by atoms with Crippen LogP contribution in [0.5, 0.6) is 0 Å². The van der Waals surface area contributed by atoms with Gasteiger partial charge < -0.3 is 18.3 Å². The van der Waals surface area contributed by atoms with E-state index >= 15 is 0 Å². The molecule has 0 fully saturated rings. The highest BCUT2D eigenvalue weighted by Crippen LogP contribution is 2.41. The van der Waals surface area contributed by atoms with Gasteiger partial charge in [0.1, 0.15) is 12.4 Å². The summed E-state index contributed by atoms with van der Waals surface area (Å²) in [7, 11) is -0.343. The van der Waals surface area contributed by atoms with Crippen molar-refractivity contribution in [3.63, 3.8) is 0 Å². The normalized spacial score (nSPS) is 18.6. The first-order valence-corrected chi connectivity index (χ1v) is 20.3. The highest BCUT2D eigenvalue weighted by molar-refractivity contribution is 6.74. The summed E-state index contributed by atoms with van der Waals surface area (Å²) in [5.41, 5.74) is 2.56. The van der Waals surface area contributed by atoms with Gasteiger partial charge in [-0.3, -0.25) is 0 Å². The minimum absolute atomic E-state index is 0.0782. The lowest BCUT2D eigenvalue weighted by Gasteiger charge is -2.44. The molecular formula is C41H64O5Si. The molecule has 0 aliphatic rings. The topological polar surface area (TPSA) is 57.9 Å². The van der Waals surface area contributed by atoms with Crippen LogP contribution in [0.15, 0.2) is 82.1 Å². The quantitative estimate of drug-likeness (QED) is 0.0522. The average Bonchev–Trinajstić information content (AvgIpc) is 2.99. The Balaban J connectivity index is 2.29. The second-order valence-electron chi connectivity index (χ2n) is 15.4. The van der Waals surface area contributed by atoms with E-state index in [-0.39, 0.29) is 41.5 Å². The lowest BCUT2D eigenvalue weighted by atomic mass is 9.77. The Morgan fingerprint density at radius 3 is 2.21 bits per heavy atom. The van der Waals surface area contributed by atoms with Crippen molar-refractivity contribution in [2.24, 2.45) is 35.5 Å². The molecule has 0 saturated heterocycles. The van der Waals surface area contributed by atoms with Crippen LogP contribution in [0.25, 0.3) is 17.0 Å². The first-order valence-electron chi connectivity index (χ1n) is 17.4. The van der Waals surface area contributed by atoms with Crippen LogP contribution in [-0.2, 0) is 13.9 Å². The summed E-state index contributed by atoms with van der Waals surface area (Å²) in [6.07, 6.45) is 13.8. The second kappa shape index (κ2) is 18.3. The van der Waals surface area contributed by atoms with Gasteiger partial charge >= 0.3 is 5.63 Å². The fourth-order valence-corrected chi connectivity index (χ4v) is 7.66. The van der Waals surface area contributed by atoms with E-state index < -0.39 is 8.32 Å². The van der Waals surface area contributed by atoms with Gasteiger partial charge in [0.05, 0.1) is 12.2 Å². The zero-order valence-corrected chi connectivity index (χ0v) is 32.6. The Labute approximate surface area is 287 Å². The van der Waals surface area contributed by atoms with Crippen molar-refractivity contribution in [3.8, 4) is 0 Å². The number of hydrogen-bond donors (Lipinski definition) is 0. The average molecular weight is 665 g/mol. The first-order chi connectivity index (χ1) is 21.9. The summed E-state index contributed by atoms with van der Waals surface area (Å²) in [5, 5.41) is 1.04. The summed E-state index contributed by atoms with van der Waals surface area (Å²) >= 11 is 0. The van der Waals surface area contributed by atoms with E-state index in [1.54, 1.807) is 13.2 Å². The van der Waals surface area contributed by atoms with Gasteiger partial charge in [-0.1, -0.05) is 123 Å². The number of allylic oxidation sites excluding steroid dienone is 4.